The highest BCUT2D eigenvalue weighted by Crippen LogP contribution is 2.26. The normalized spacial score (nSPS) is 14.3. The maximum absolute atomic E-state index is 10.7. The lowest BCUT2D eigenvalue weighted by Gasteiger charge is -2.23. The fourth-order valence-corrected chi connectivity index (χ4v) is 2.61. The minimum Gasteiger partial charge on any atom is -0.508 e. The van der Waals surface area contributed by atoms with Crippen LogP contribution in [0, 0.1) is 0 Å². The maximum atomic E-state index is 10.7. The van der Waals surface area contributed by atoms with Gasteiger partial charge in [0.2, 0.25) is 0 Å². The van der Waals surface area contributed by atoms with Crippen LogP contribution in [0.15, 0.2) is 36.5 Å². The van der Waals surface area contributed by atoms with Gasteiger partial charge in [0.15, 0.2) is 0 Å². The van der Waals surface area contributed by atoms with Gasteiger partial charge < -0.3 is 10.2 Å². The SMILES string of the molecule is CCC(CC)n1ccc(CC(C)(O)c2ccc(O)cc2)n1. The van der Waals surface area contributed by atoms with E-state index in [4.69, 9.17) is 0 Å². The standard InChI is InChI=1S/C17H24N2O2/c1-4-15(5-2)19-11-10-14(18-19)12-17(3,21)13-6-8-16(20)9-7-13/h6-11,15,20-21H,4-5,12H2,1-3H3. The summed E-state index contributed by atoms with van der Waals surface area (Å²) in [5, 5.41) is 24.6. The van der Waals surface area contributed by atoms with Crippen LogP contribution in [0.2, 0.25) is 0 Å². The summed E-state index contributed by atoms with van der Waals surface area (Å²) in [6.07, 6.45) is 4.53. The average Bonchev–Trinajstić information content (AvgIpc) is 2.88. The van der Waals surface area contributed by atoms with Crippen LogP contribution in [0.3, 0.4) is 0 Å². The van der Waals surface area contributed by atoms with Crippen LogP contribution in [0.1, 0.15) is 50.9 Å². The molecule has 0 aliphatic carbocycles. The van der Waals surface area contributed by atoms with Gasteiger partial charge >= 0.3 is 0 Å². The predicted molar refractivity (Wildman–Crippen MR) is 83.2 cm³/mol. The van der Waals surface area contributed by atoms with E-state index in [0.717, 1.165) is 24.1 Å². The van der Waals surface area contributed by atoms with Crippen LogP contribution >= 0.6 is 0 Å². The van der Waals surface area contributed by atoms with Crippen molar-refractivity contribution in [2.45, 2.75) is 51.7 Å². The van der Waals surface area contributed by atoms with E-state index < -0.39 is 5.60 Å². The molecule has 0 spiro atoms. The van der Waals surface area contributed by atoms with Crippen LogP contribution in [0.5, 0.6) is 5.75 Å². The Kier molecular flexibility index (Phi) is 4.68. The van der Waals surface area contributed by atoms with E-state index in [1.165, 1.54) is 0 Å². The molecule has 2 aromatic rings. The lowest BCUT2D eigenvalue weighted by atomic mass is 9.91. The predicted octanol–water partition coefficient (Wildman–Crippen LogP) is 3.40. The van der Waals surface area contributed by atoms with E-state index in [1.54, 1.807) is 31.2 Å². The number of rotatable bonds is 6. The molecule has 0 amide bonds. The van der Waals surface area contributed by atoms with Crippen molar-refractivity contribution in [1.29, 1.82) is 0 Å². The van der Waals surface area contributed by atoms with Crippen molar-refractivity contribution < 1.29 is 10.2 Å². The first-order chi connectivity index (χ1) is 9.96. The summed E-state index contributed by atoms with van der Waals surface area (Å²) in [5.74, 6) is 0.201. The molecule has 1 heterocycles. The zero-order valence-electron chi connectivity index (χ0n) is 13.0. The Hall–Kier alpha value is -1.81. The van der Waals surface area contributed by atoms with Crippen molar-refractivity contribution in [3.8, 4) is 5.75 Å². The summed E-state index contributed by atoms with van der Waals surface area (Å²) >= 11 is 0. The Bertz CT molecular complexity index is 569. The highest BCUT2D eigenvalue weighted by molar-refractivity contribution is 5.30. The van der Waals surface area contributed by atoms with Gasteiger partial charge in [0.1, 0.15) is 5.75 Å². The van der Waals surface area contributed by atoms with E-state index in [9.17, 15) is 10.2 Å². The van der Waals surface area contributed by atoms with Crippen molar-refractivity contribution in [1.82, 2.24) is 9.78 Å². The first-order valence-electron chi connectivity index (χ1n) is 7.52. The summed E-state index contributed by atoms with van der Waals surface area (Å²) in [4.78, 5) is 0. The minimum atomic E-state index is -0.999. The van der Waals surface area contributed by atoms with Gasteiger partial charge in [-0.25, -0.2) is 0 Å². The van der Waals surface area contributed by atoms with Gasteiger partial charge in [-0.3, -0.25) is 4.68 Å². The Morgan fingerprint density at radius 3 is 2.33 bits per heavy atom. The van der Waals surface area contributed by atoms with Gasteiger partial charge in [-0.05, 0) is 43.5 Å². The van der Waals surface area contributed by atoms with E-state index >= 15 is 0 Å². The molecule has 4 heteroatoms. The molecule has 114 valence electrons. The zero-order chi connectivity index (χ0) is 15.5. The van der Waals surface area contributed by atoms with Gasteiger partial charge in [0.25, 0.3) is 0 Å². The summed E-state index contributed by atoms with van der Waals surface area (Å²) in [6.45, 7) is 6.08. The molecule has 0 fully saturated rings. The highest BCUT2D eigenvalue weighted by Gasteiger charge is 2.25. The van der Waals surface area contributed by atoms with Crippen molar-refractivity contribution in [3.63, 3.8) is 0 Å². The van der Waals surface area contributed by atoms with Gasteiger partial charge in [0.05, 0.1) is 17.3 Å². The molecule has 0 saturated carbocycles. The van der Waals surface area contributed by atoms with Crippen LogP contribution in [-0.2, 0) is 12.0 Å². The summed E-state index contributed by atoms with van der Waals surface area (Å²) in [6, 6.07) is 9.05. The number of hydrogen-bond donors (Lipinski definition) is 2. The number of aromatic nitrogens is 2. The van der Waals surface area contributed by atoms with E-state index in [1.807, 2.05) is 16.9 Å². The van der Waals surface area contributed by atoms with Crippen LogP contribution in [-0.4, -0.2) is 20.0 Å². The Balaban J connectivity index is 2.15. The van der Waals surface area contributed by atoms with E-state index in [2.05, 4.69) is 18.9 Å². The third kappa shape index (κ3) is 3.64. The molecular weight excluding hydrogens is 264 g/mol. The smallest absolute Gasteiger partial charge is 0.115 e. The summed E-state index contributed by atoms with van der Waals surface area (Å²) in [5.41, 5.74) is 0.651. The first kappa shape index (κ1) is 15.6. The van der Waals surface area contributed by atoms with Gasteiger partial charge in [-0.15, -0.1) is 0 Å². The number of phenolic OH excluding ortho intramolecular Hbond substituents is 1. The third-order valence-electron chi connectivity index (χ3n) is 3.99. The second kappa shape index (κ2) is 6.31. The lowest BCUT2D eigenvalue weighted by Crippen LogP contribution is -2.24. The quantitative estimate of drug-likeness (QED) is 0.856. The van der Waals surface area contributed by atoms with Crippen molar-refractivity contribution >= 4 is 0 Å². The maximum Gasteiger partial charge on any atom is 0.115 e. The van der Waals surface area contributed by atoms with E-state index in [-0.39, 0.29) is 5.75 Å². The van der Waals surface area contributed by atoms with Crippen molar-refractivity contribution in [3.05, 3.63) is 47.8 Å². The van der Waals surface area contributed by atoms with Crippen LogP contribution in [0.25, 0.3) is 0 Å². The van der Waals surface area contributed by atoms with Gasteiger partial charge in [-0.2, -0.15) is 5.10 Å². The fraction of sp³-hybridized carbons (Fsp3) is 0.471. The molecule has 1 aromatic heterocycles. The van der Waals surface area contributed by atoms with Crippen molar-refractivity contribution in [2.24, 2.45) is 0 Å². The fourth-order valence-electron chi connectivity index (χ4n) is 2.61. The Morgan fingerprint density at radius 2 is 1.76 bits per heavy atom. The van der Waals surface area contributed by atoms with E-state index in [0.29, 0.717) is 12.5 Å². The molecule has 2 rings (SSSR count). The first-order valence-corrected chi connectivity index (χ1v) is 7.52. The number of nitrogens with zero attached hydrogens (tertiary/aromatic N) is 2. The molecule has 0 saturated heterocycles. The molecule has 1 unspecified atom stereocenters. The monoisotopic (exact) mass is 288 g/mol. The molecule has 0 bridgehead atoms. The Labute approximate surface area is 126 Å². The largest absolute Gasteiger partial charge is 0.508 e. The highest BCUT2D eigenvalue weighted by atomic mass is 16.3. The zero-order valence-corrected chi connectivity index (χ0v) is 13.0. The second-order valence-electron chi connectivity index (χ2n) is 5.75. The van der Waals surface area contributed by atoms with Crippen molar-refractivity contribution in [2.75, 3.05) is 0 Å². The number of phenols is 1. The summed E-state index contributed by atoms with van der Waals surface area (Å²) < 4.78 is 1.99. The number of hydrogen-bond acceptors (Lipinski definition) is 3. The lowest BCUT2D eigenvalue weighted by molar-refractivity contribution is 0.0563. The van der Waals surface area contributed by atoms with Crippen LogP contribution < -0.4 is 0 Å². The Morgan fingerprint density at radius 1 is 1.14 bits per heavy atom. The average molecular weight is 288 g/mol. The van der Waals surface area contributed by atoms with Gasteiger partial charge in [0, 0.05) is 12.6 Å². The van der Waals surface area contributed by atoms with Crippen LogP contribution in [0.4, 0.5) is 0 Å². The number of aliphatic hydroxyl groups is 1. The molecular formula is C17H24N2O2. The molecule has 1 aromatic carbocycles. The molecule has 1 atom stereocenters. The van der Waals surface area contributed by atoms with Gasteiger partial charge in [-0.1, -0.05) is 26.0 Å². The molecule has 0 aliphatic rings. The minimum absolute atomic E-state index is 0.201. The second-order valence-corrected chi connectivity index (χ2v) is 5.75. The molecule has 4 nitrogen and oxygen atoms in total. The molecule has 2 N–H and O–H groups in total. The molecule has 21 heavy (non-hydrogen) atoms. The topological polar surface area (TPSA) is 58.3 Å². The molecule has 0 aliphatic heterocycles. The summed E-state index contributed by atoms with van der Waals surface area (Å²) in [7, 11) is 0. The number of benzene rings is 1. The molecule has 0 radical (unpaired) electrons. The third-order valence-corrected chi connectivity index (χ3v) is 3.99. The number of aromatic hydroxyl groups is 1.